The van der Waals surface area contributed by atoms with Crippen LogP contribution in [-0.4, -0.2) is 5.16 Å². The van der Waals surface area contributed by atoms with Crippen LogP contribution in [0, 0.1) is 12.7 Å². The van der Waals surface area contributed by atoms with E-state index in [9.17, 15) is 4.39 Å². The summed E-state index contributed by atoms with van der Waals surface area (Å²) in [6.07, 6.45) is 0. The number of hydrogen-bond acceptors (Lipinski definition) is 3. The molecule has 0 saturated carbocycles. The van der Waals surface area contributed by atoms with Crippen molar-refractivity contribution in [2.24, 2.45) is 0 Å². The molecule has 0 aliphatic carbocycles. The molecule has 0 fully saturated rings. The van der Waals surface area contributed by atoms with Gasteiger partial charge in [0.1, 0.15) is 5.69 Å². The van der Waals surface area contributed by atoms with E-state index in [1.165, 1.54) is 6.07 Å². The maximum absolute atomic E-state index is 14.2. The quantitative estimate of drug-likeness (QED) is 0.747. The van der Waals surface area contributed by atoms with Gasteiger partial charge in [-0.3, -0.25) is 0 Å². The number of rotatable bonds is 2. The number of nitrogen functional groups attached to an aromatic ring is 1. The highest BCUT2D eigenvalue weighted by Gasteiger charge is 2.21. The van der Waals surface area contributed by atoms with Crippen LogP contribution in [-0.2, 0) is 0 Å². The summed E-state index contributed by atoms with van der Waals surface area (Å²) in [5, 5.41) is 3.94. The van der Waals surface area contributed by atoms with Gasteiger partial charge in [0.15, 0.2) is 5.82 Å². The third-order valence-electron chi connectivity index (χ3n) is 3.34. The lowest BCUT2D eigenvalue weighted by Gasteiger charge is -2.07. The molecule has 3 rings (SSSR count). The zero-order valence-electron chi connectivity index (χ0n) is 11.2. The summed E-state index contributed by atoms with van der Waals surface area (Å²) in [5.41, 5.74) is 8.92. The molecule has 5 heteroatoms. The first kappa shape index (κ1) is 13.6. The summed E-state index contributed by atoms with van der Waals surface area (Å²) in [7, 11) is 0. The second-order valence-corrected chi connectivity index (χ2v) is 5.09. The third-order valence-corrected chi connectivity index (χ3v) is 3.63. The van der Waals surface area contributed by atoms with E-state index in [1.54, 1.807) is 12.1 Å². The maximum Gasteiger partial charge on any atom is 0.230 e. The molecule has 0 aliphatic rings. The van der Waals surface area contributed by atoms with Gasteiger partial charge in [0.2, 0.25) is 5.88 Å². The summed E-state index contributed by atoms with van der Waals surface area (Å²) in [6, 6.07) is 12.4. The number of anilines is 1. The molecule has 0 radical (unpaired) electrons. The molecule has 1 heterocycles. The number of benzene rings is 2. The molecule has 0 atom stereocenters. The molecule has 2 aromatic carbocycles. The molecule has 106 valence electrons. The van der Waals surface area contributed by atoms with Gasteiger partial charge in [0, 0.05) is 5.56 Å². The lowest BCUT2D eigenvalue weighted by molar-refractivity contribution is 0.439. The Morgan fingerprint density at radius 3 is 2.57 bits per heavy atom. The first-order chi connectivity index (χ1) is 10.1. The predicted molar refractivity (Wildman–Crippen MR) is 81.5 cm³/mol. The fourth-order valence-corrected chi connectivity index (χ4v) is 2.46. The van der Waals surface area contributed by atoms with E-state index in [-0.39, 0.29) is 16.5 Å². The molecule has 0 unspecified atom stereocenters. The third kappa shape index (κ3) is 2.28. The van der Waals surface area contributed by atoms with Crippen LogP contribution in [0.25, 0.3) is 22.4 Å². The van der Waals surface area contributed by atoms with Crippen LogP contribution in [0.1, 0.15) is 5.56 Å². The van der Waals surface area contributed by atoms with Crippen molar-refractivity contribution in [3.8, 4) is 22.4 Å². The number of aryl methyl sites for hydroxylation is 1. The molecule has 3 nitrogen and oxygen atoms in total. The molecular weight excluding hydrogens is 291 g/mol. The van der Waals surface area contributed by atoms with E-state index in [1.807, 2.05) is 31.2 Å². The minimum atomic E-state index is -0.540. The normalized spacial score (nSPS) is 10.8. The summed E-state index contributed by atoms with van der Waals surface area (Å²) < 4.78 is 19.3. The summed E-state index contributed by atoms with van der Waals surface area (Å²) in [4.78, 5) is 0. The monoisotopic (exact) mass is 302 g/mol. The van der Waals surface area contributed by atoms with Gasteiger partial charge in [-0.25, -0.2) is 4.39 Å². The fraction of sp³-hybridized carbons (Fsp3) is 0.0625. The van der Waals surface area contributed by atoms with Crippen LogP contribution in [0.2, 0.25) is 5.02 Å². The zero-order valence-corrected chi connectivity index (χ0v) is 12.0. The summed E-state index contributed by atoms with van der Waals surface area (Å²) >= 11 is 5.84. The highest BCUT2D eigenvalue weighted by atomic mass is 35.5. The van der Waals surface area contributed by atoms with Gasteiger partial charge in [-0.15, -0.1) is 0 Å². The van der Waals surface area contributed by atoms with Crippen LogP contribution >= 0.6 is 11.6 Å². The van der Waals surface area contributed by atoms with Crippen molar-refractivity contribution < 1.29 is 8.91 Å². The predicted octanol–water partition coefficient (Wildman–Crippen LogP) is 4.69. The Labute approximate surface area is 126 Å². The van der Waals surface area contributed by atoms with Crippen molar-refractivity contribution in [1.29, 1.82) is 0 Å². The Hall–Kier alpha value is -2.33. The second kappa shape index (κ2) is 5.22. The molecular formula is C16H12ClFN2O. The highest BCUT2D eigenvalue weighted by Crippen LogP contribution is 2.39. The Bertz CT molecular complexity index is 814. The number of aromatic nitrogens is 1. The number of nitrogens with two attached hydrogens (primary N) is 1. The van der Waals surface area contributed by atoms with E-state index >= 15 is 0 Å². The van der Waals surface area contributed by atoms with E-state index in [4.69, 9.17) is 21.9 Å². The van der Waals surface area contributed by atoms with Crippen molar-refractivity contribution in [3.63, 3.8) is 0 Å². The average molecular weight is 303 g/mol. The van der Waals surface area contributed by atoms with Crippen molar-refractivity contribution in [2.75, 3.05) is 5.73 Å². The van der Waals surface area contributed by atoms with Gasteiger partial charge in [0.25, 0.3) is 0 Å². The van der Waals surface area contributed by atoms with Crippen LogP contribution in [0.3, 0.4) is 0 Å². The van der Waals surface area contributed by atoms with E-state index in [0.29, 0.717) is 11.3 Å². The van der Waals surface area contributed by atoms with Gasteiger partial charge < -0.3 is 10.3 Å². The van der Waals surface area contributed by atoms with Crippen LogP contribution in [0.4, 0.5) is 10.3 Å². The Morgan fingerprint density at radius 2 is 1.81 bits per heavy atom. The largest absolute Gasteiger partial charge is 0.367 e. The summed E-state index contributed by atoms with van der Waals surface area (Å²) in [6.45, 7) is 1.94. The molecule has 21 heavy (non-hydrogen) atoms. The van der Waals surface area contributed by atoms with Crippen LogP contribution < -0.4 is 5.73 Å². The zero-order chi connectivity index (χ0) is 15.0. The number of nitrogens with zero attached hydrogens (tertiary/aromatic N) is 1. The standard InChI is InChI=1S/C16H12ClFN2O/c1-9-5-2-3-6-10(9)13-15(20-21-16(13)19)11-7-4-8-12(17)14(11)18/h2-8H,19H2,1H3. The first-order valence-corrected chi connectivity index (χ1v) is 6.73. The van der Waals surface area contributed by atoms with Crippen LogP contribution in [0.15, 0.2) is 47.0 Å². The maximum atomic E-state index is 14.2. The fourth-order valence-electron chi connectivity index (χ4n) is 2.29. The molecule has 2 N–H and O–H groups in total. The minimum Gasteiger partial charge on any atom is -0.367 e. The van der Waals surface area contributed by atoms with Gasteiger partial charge in [0.05, 0.1) is 10.6 Å². The number of halogens is 2. The molecule has 1 aromatic heterocycles. The van der Waals surface area contributed by atoms with Crippen molar-refractivity contribution >= 4 is 17.5 Å². The van der Waals surface area contributed by atoms with Crippen LogP contribution in [0.5, 0.6) is 0 Å². The lowest BCUT2D eigenvalue weighted by Crippen LogP contribution is -1.92. The first-order valence-electron chi connectivity index (χ1n) is 6.35. The lowest BCUT2D eigenvalue weighted by atomic mass is 9.97. The Kier molecular flexibility index (Phi) is 3.39. The van der Waals surface area contributed by atoms with E-state index < -0.39 is 5.82 Å². The molecule has 3 aromatic rings. The van der Waals surface area contributed by atoms with Gasteiger partial charge in [-0.1, -0.05) is 47.1 Å². The SMILES string of the molecule is Cc1ccccc1-c1c(-c2cccc(Cl)c2F)noc1N. The average Bonchev–Trinajstić information content (AvgIpc) is 2.84. The highest BCUT2D eigenvalue weighted by molar-refractivity contribution is 6.31. The Balaban J connectivity index is 2.28. The second-order valence-electron chi connectivity index (χ2n) is 4.69. The van der Waals surface area contributed by atoms with Crippen molar-refractivity contribution in [1.82, 2.24) is 5.16 Å². The molecule has 0 saturated heterocycles. The molecule has 0 spiro atoms. The van der Waals surface area contributed by atoms with Gasteiger partial charge >= 0.3 is 0 Å². The van der Waals surface area contributed by atoms with Crippen molar-refractivity contribution in [2.45, 2.75) is 6.92 Å². The Morgan fingerprint density at radius 1 is 1.10 bits per heavy atom. The topological polar surface area (TPSA) is 52.0 Å². The smallest absolute Gasteiger partial charge is 0.230 e. The van der Waals surface area contributed by atoms with Crippen molar-refractivity contribution in [3.05, 3.63) is 58.9 Å². The summed E-state index contributed by atoms with van der Waals surface area (Å²) in [5.74, 6) is -0.388. The van der Waals surface area contributed by atoms with E-state index in [2.05, 4.69) is 5.16 Å². The number of hydrogen-bond donors (Lipinski definition) is 1. The molecule has 0 bridgehead atoms. The minimum absolute atomic E-state index is 0.0322. The van der Waals surface area contributed by atoms with E-state index in [0.717, 1.165) is 11.1 Å². The molecule has 0 amide bonds. The van der Waals surface area contributed by atoms with Gasteiger partial charge in [-0.2, -0.15) is 0 Å². The molecule has 0 aliphatic heterocycles. The van der Waals surface area contributed by atoms with Gasteiger partial charge in [-0.05, 0) is 30.2 Å².